The van der Waals surface area contributed by atoms with E-state index in [0.717, 1.165) is 22.3 Å². The van der Waals surface area contributed by atoms with E-state index in [4.69, 9.17) is 11.3 Å². The highest BCUT2D eigenvalue weighted by Crippen LogP contribution is 2.46. The van der Waals surface area contributed by atoms with Crippen molar-refractivity contribution in [3.8, 4) is 22.6 Å². The van der Waals surface area contributed by atoms with Crippen molar-refractivity contribution in [2.75, 3.05) is 0 Å². The van der Waals surface area contributed by atoms with Gasteiger partial charge in [-0.3, -0.25) is 0 Å². The Morgan fingerprint density at radius 1 is 1.00 bits per heavy atom. The molecule has 3 aromatic rings. The highest BCUT2D eigenvalue weighted by Gasteiger charge is 2.26. The fourth-order valence-corrected chi connectivity index (χ4v) is 3.37. The van der Waals surface area contributed by atoms with Crippen LogP contribution in [0.25, 0.3) is 16.0 Å². The van der Waals surface area contributed by atoms with Gasteiger partial charge < -0.3 is 9.84 Å². The number of hydrogen-bond acceptors (Lipinski definition) is 3. The van der Waals surface area contributed by atoms with E-state index in [-0.39, 0.29) is 11.7 Å². The third kappa shape index (κ3) is 2.60. The number of aromatic hydroxyl groups is 1. The molecule has 0 bridgehead atoms. The molecule has 0 fully saturated rings. The fraction of sp³-hybridized carbons (Fsp3) is 0.0909. The van der Waals surface area contributed by atoms with Gasteiger partial charge in [0.15, 0.2) is 5.69 Å². The molecule has 1 N–H and O–H groups in total. The third-order valence-corrected chi connectivity index (χ3v) is 4.72. The number of carbonyl (C=O) groups excluding carboxylic acids is 1. The monoisotopic (exact) mass is 341 g/mol. The molecule has 0 spiro atoms. The summed E-state index contributed by atoms with van der Waals surface area (Å²) in [7, 11) is 0. The molecule has 0 heterocycles. The van der Waals surface area contributed by atoms with Crippen molar-refractivity contribution >= 4 is 11.7 Å². The maximum absolute atomic E-state index is 12.3. The highest BCUT2D eigenvalue weighted by molar-refractivity contribution is 5.91. The van der Waals surface area contributed by atoms with E-state index in [1.54, 1.807) is 42.5 Å². The van der Waals surface area contributed by atoms with Crippen molar-refractivity contribution in [2.24, 2.45) is 0 Å². The first-order chi connectivity index (χ1) is 12.6. The third-order valence-electron chi connectivity index (χ3n) is 4.72. The number of rotatable bonds is 2. The van der Waals surface area contributed by atoms with Crippen LogP contribution >= 0.6 is 0 Å². The minimum absolute atomic E-state index is 0.115. The Kier molecular flexibility index (Phi) is 3.70. The largest absolute Gasteiger partial charge is 0.508 e. The van der Waals surface area contributed by atoms with Gasteiger partial charge in [-0.1, -0.05) is 43.3 Å². The molecule has 1 unspecified atom stereocenters. The lowest BCUT2D eigenvalue weighted by Gasteiger charge is -2.09. The number of phenolic OH excluding ortho intramolecular Hbond substituents is 1. The van der Waals surface area contributed by atoms with Crippen LogP contribution in [0.2, 0.25) is 0 Å². The summed E-state index contributed by atoms with van der Waals surface area (Å²) in [4.78, 5) is 15.6. The van der Waals surface area contributed by atoms with E-state index in [1.807, 2.05) is 18.2 Å². The van der Waals surface area contributed by atoms with Crippen molar-refractivity contribution in [3.05, 3.63) is 88.8 Å². The summed E-state index contributed by atoms with van der Waals surface area (Å²) in [6.07, 6.45) is 0. The molecular formula is C22H15NO3. The summed E-state index contributed by atoms with van der Waals surface area (Å²) < 4.78 is 5.50. The second kappa shape index (κ2) is 6.05. The normalized spacial score (nSPS) is 14.2. The minimum atomic E-state index is -0.456. The van der Waals surface area contributed by atoms with Gasteiger partial charge in [0.2, 0.25) is 0 Å². The van der Waals surface area contributed by atoms with E-state index in [1.165, 1.54) is 0 Å². The molecule has 26 heavy (non-hydrogen) atoms. The van der Waals surface area contributed by atoms with Crippen molar-refractivity contribution in [2.45, 2.75) is 12.8 Å². The zero-order valence-electron chi connectivity index (χ0n) is 14.1. The van der Waals surface area contributed by atoms with Crippen LogP contribution in [0.1, 0.15) is 34.3 Å². The van der Waals surface area contributed by atoms with Gasteiger partial charge in [0.25, 0.3) is 0 Å². The molecule has 0 saturated carbocycles. The number of fused-ring (bicyclic) bond motifs is 3. The Morgan fingerprint density at radius 3 is 2.35 bits per heavy atom. The van der Waals surface area contributed by atoms with Crippen molar-refractivity contribution in [1.82, 2.24) is 0 Å². The number of hydrogen-bond donors (Lipinski definition) is 1. The molecule has 126 valence electrons. The lowest BCUT2D eigenvalue weighted by molar-refractivity contribution is 0.0734. The van der Waals surface area contributed by atoms with E-state index in [2.05, 4.69) is 11.8 Å². The van der Waals surface area contributed by atoms with Crippen LogP contribution in [0.4, 0.5) is 5.69 Å². The van der Waals surface area contributed by atoms with E-state index < -0.39 is 5.97 Å². The maximum Gasteiger partial charge on any atom is 0.343 e. The predicted molar refractivity (Wildman–Crippen MR) is 98.7 cm³/mol. The molecule has 1 aliphatic carbocycles. The number of nitrogens with zero attached hydrogens (tertiary/aromatic N) is 1. The van der Waals surface area contributed by atoms with Crippen LogP contribution in [-0.2, 0) is 0 Å². The van der Waals surface area contributed by atoms with Crippen LogP contribution in [0.15, 0.2) is 60.7 Å². The molecule has 4 nitrogen and oxygen atoms in total. The summed E-state index contributed by atoms with van der Waals surface area (Å²) in [5.74, 6) is 0.385. The Hall–Kier alpha value is -3.58. The first kappa shape index (κ1) is 15.9. The lowest BCUT2D eigenvalue weighted by atomic mass is 9.99. The van der Waals surface area contributed by atoms with Gasteiger partial charge in [0.05, 0.1) is 12.1 Å². The first-order valence-electron chi connectivity index (χ1n) is 8.24. The average molecular weight is 341 g/mol. The molecule has 0 aliphatic heterocycles. The van der Waals surface area contributed by atoms with Gasteiger partial charge in [0, 0.05) is 5.92 Å². The second-order valence-electron chi connectivity index (χ2n) is 6.29. The molecule has 0 radical (unpaired) electrons. The summed E-state index contributed by atoms with van der Waals surface area (Å²) in [6, 6.07) is 17.3. The molecule has 0 amide bonds. The predicted octanol–water partition coefficient (Wildman–Crippen LogP) is 5.29. The SMILES string of the molecule is [C-]#[N+]c1ccc(C(=O)Oc2ccc3c(c2)C(C)c2cc(O)ccc2-3)cc1. The van der Waals surface area contributed by atoms with E-state index in [9.17, 15) is 9.90 Å². The zero-order chi connectivity index (χ0) is 18.3. The van der Waals surface area contributed by atoms with Crippen LogP contribution in [0.5, 0.6) is 11.5 Å². The summed E-state index contributed by atoms with van der Waals surface area (Å²) >= 11 is 0. The van der Waals surface area contributed by atoms with Crippen molar-refractivity contribution in [1.29, 1.82) is 0 Å². The van der Waals surface area contributed by atoms with Crippen molar-refractivity contribution < 1.29 is 14.6 Å². The average Bonchev–Trinajstić information content (AvgIpc) is 2.93. The topological polar surface area (TPSA) is 50.9 Å². The summed E-state index contributed by atoms with van der Waals surface area (Å²) in [5.41, 5.74) is 5.21. The molecule has 0 aromatic heterocycles. The molecule has 3 aromatic carbocycles. The number of benzene rings is 3. The van der Waals surface area contributed by atoms with Gasteiger partial charge in [-0.25, -0.2) is 9.64 Å². The minimum Gasteiger partial charge on any atom is -0.508 e. The van der Waals surface area contributed by atoms with Crippen LogP contribution in [-0.4, -0.2) is 11.1 Å². The first-order valence-corrected chi connectivity index (χ1v) is 8.24. The van der Waals surface area contributed by atoms with Gasteiger partial charge in [-0.2, -0.15) is 0 Å². The molecule has 1 atom stereocenters. The van der Waals surface area contributed by atoms with Crippen LogP contribution < -0.4 is 4.74 Å². The molecule has 1 aliphatic rings. The highest BCUT2D eigenvalue weighted by atomic mass is 16.5. The van der Waals surface area contributed by atoms with Crippen molar-refractivity contribution in [3.63, 3.8) is 0 Å². The quantitative estimate of drug-likeness (QED) is 0.391. The molecule has 0 saturated heterocycles. The Balaban J connectivity index is 1.61. The fourth-order valence-electron chi connectivity index (χ4n) is 3.37. The molecule has 4 rings (SSSR count). The summed E-state index contributed by atoms with van der Waals surface area (Å²) in [6.45, 7) is 9.02. The lowest BCUT2D eigenvalue weighted by Crippen LogP contribution is -2.08. The van der Waals surface area contributed by atoms with Gasteiger partial charge >= 0.3 is 5.97 Å². The number of ether oxygens (including phenoxy) is 1. The van der Waals surface area contributed by atoms with E-state index >= 15 is 0 Å². The number of esters is 1. The van der Waals surface area contributed by atoms with Crippen LogP contribution in [0.3, 0.4) is 0 Å². The summed E-state index contributed by atoms with van der Waals surface area (Å²) in [5, 5.41) is 9.74. The Labute approximate surface area is 151 Å². The smallest absolute Gasteiger partial charge is 0.343 e. The number of carbonyl (C=O) groups is 1. The van der Waals surface area contributed by atoms with Crippen LogP contribution in [0, 0.1) is 6.57 Å². The van der Waals surface area contributed by atoms with Gasteiger partial charge in [0.1, 0.15) is 11.5 Å². The van der Waals surface area contributed by atoms with Gasteiger partial charge in [-0.05, 0) is 46.5 Å². The molecular weight excluding hydrogens is 326 g/mol. The second-order valence-corrected chi connectivity index (χ2v) is 6.29. The Bertz CT molecular complexity index is 1060. The number of phenols is 1. The standard InChI is InChI=1S/C22H15NO3/c1-13-20-11-16(24)7-9-18(20)19-10-8-17(12-21(13)19)26-22(25)14-3-5-15(23-2)6-4-14/h3-13,24H,1H3. The van der Waals surface area contributed by atoms with Gasteiger partial charge in [-0.15, -0.1) is 0 Å². The zero-order valence-corrected chi connectivity index (χ0v) is 14.1. The molecule has 4 heteroatoms. The maximum atomic E-state index is 12.3. The Morgan fingerprint density at radius 2 is 1.65 bits per heavy atom. The van der Waals surface area contributed by atoms with E-state index in [0.29, 0.717) is 17.0 Å².